The zero-order valence-electron chi connectivity index (χ0n) is 13.8. The minimum atomic E-state index is 0.578. The van der Waals surface area contributed by atoms with E-state index in [1.807, 2.05) is 13.8 Å². The van der Waals surface area contributed by atoms with Crippen molar-refractivity contribution in [3.05, 3.63) is 17.0 Å². The van der Waals surface area contributed by atoms with Crippen LogP contribution in [0.3, 0.4) is 0 Å². The minimum absolute atomic E-state index is 0.578. The molecule has 0 saturated carbocycles. The third-order valence-corrected chi connectivity index (χ3v) is 4.17. The number of aromatic nitrogens is 1. The second-order valence-electron chi connectivity index (χ2n) is 6.37. The van der Waals surface area contributed by atoms with Gasteiger partial charge in [0.2, 0.25) is 0 Å². The van der Waals surface area contributed by atoms with Gasteiger partial charge in [-0.05, 0) is 26.2 Å². The molecule has 0 spiro atoms. The Morgan fingerprint density at radius 3 is 2.52 bits per heavy atom. The Bertz CT molecular complexity index is 406. The van der Waals surface area contributed by atoms with Crippen molar-refractivity contribution in [2.75, 3.05) is 32.8 Å². The van der Waals surface area contributed by atoms with Crippen LogP contribution in [0.15, 0.2) is 4.52 Å². The molecule has 0 aromatic carbocycles. The molecule has 2 rings (SSSR count). The monoisotopic (exact) mass is 295 g/mol. The fourth-order valence-corrected chi connectivity index (χ4v) is 2.97. The highest BCUT2D eigenvalue weighted by molar-refractivity contribution is 5.20. The molecule has 0 amide bonds. The minimum Gasteiger partial charge on any atom is -0.379 e. The summed E-state index contributed by atoms with van der Waals surface area (Å²) in [6.45, 7) is 14.2. The number of nitrogens with one attached hydrogen (secondary N) is 1. The van der Waals surface area contributed by atoms with Gasteiger partial charge < -0.3 is 14.6 Å². The Balaban J connectivity index is 1.86. The van der Waals surface area contributed by atoms with Crippen LogP contribution in [-0.4, -0.2) is 48.9 Å². The van der Waals surface area contributed by atoms with Gasteiger partial charge in [-0.2, -0.15) is 0 Å². The molecule has 120 valence electrons. The molecular weight excluding hydrogens is 266 g/mol. The van der Waals surface area contributed by atoms with Gasteiger partial charge in [-0.15, -0.1) is 0 Å². The summed E-state index contributed by atoms with van der Waals surface area (Å²) >= 11 is 0. The van der Waals surface area contributed by atoms with Crippen molar-refractivity contribution < 1.29 is 9.26 Å². The number of morpholine rings is 1. The summed E-state index contributed by atoms with van der Waals surface area (Å²) in [4.78, 5) is 2.56. The number of nitrogens with zero attached hydrogens (tertiary/aromatic N) is 2. The Hall–Kier alpha value is -0.910. The SMILES string of the molecule is Cc1noc(C)c1CNCC(CC(C)C)N1CCOCC1. The molecule has 0 bridgehead atoms. The molecule has 0 radical (unpaired) electrons. The van der Waals surface area contributed by atoms with Gasteiger partial charge in [0, 0.05) is 37.8 Å². The first-order valence-electron chi connectivity index (χ1n) is 8.02. The normalized spacial score (nSPS) is 18.3. The van der Waals surface area contributed by atoms with E-state index in [0.717, 1.165) is 50.8 Å². The third kappa shape index (κ3) is 4.80. The average Bonchev–Trinajstić information content (AvgIpc) is 2.78. The van der Waals surface area contributed by atoms with Crippen LogP contribution in [0.5, 0.6) is 0 Å². The summed E-state index contributed by atoms with van der Waals surface area (Å²) in [6, 6.07) is 0.578. The van der Waals surface area contributed by atoms with E-state index in [2.05, 4.69) is 29.2 Å². The van der Waals surface area contributed by atoms with Crippen LogP contribution in [0, 0.1) is 19.8 Å². The highest BCUT2D eigenvalue weighted by Gasteiger charge is 2.21. The molecule has 0 aliphatic carbocycles. The fourth-order valence-electron chi connectivity index (χ4n) is 2.97. The molecule has 21 heavy (non-hydrogen) atoms. The quantitative estimate of drug-likeness (QED) is 0.835. The molecule has 1 N–H and O–H groups in total. The lowest BCUT2D eigenvalue weighted by atomic mass is 10.0. The standard InChI is InChI=1S/C16H29N3O2/c1-12(2)9-15(19-5-7-20-8-6-19)10-17-11-16-13(3)18-21-14(16)4/h12,15,17H,5-11H2,1-4H3. The largest absolute Gasteiger partial charge is 0.379 e. The predicted octanol–water partition coefficient (Wildman–Crippen LogP) is 2.13. The number of aryl methyl sites for hydroxylation is 2. The van der Waals surface area contributed by atoms with Crippen molar-refractivity contribution in [1.29, 1.82) is 0 Å². The zero-order chi connectivity index (χ0) is 15.2. The van der Waals surface area contributed by atoms with E-state index in [-0.39, 0.29) is 0 Å². The summed E-state index contributed by atoms with van der Waals surface area (Å²) in [6.07, 6.45) is 1.22. The predicted molar refractivity (Wildman–Crippen MR) is 83.3 cm³/mol. The van der Waals surface area contributed by atoms with Crippen molar-refractivity contribution in [2.45, 2.75) is 46.7 Å². The highest BCUT2D eigenvalue weighted by Crippen LogP contribution is 2.15. The van der Waals surface area contributed by atoms with Crippen LogP contribution in [0.4, 0.5) is 0 Å². The van der Waals surface area contributed by atoms with Crippen molar-refractivity contribution in [3.63, 3.8) is 0 Å². The van der Waals surface area contributed by atoms with Gasteiger partial charge in [0.25, 0.3) is 0 Å². The van der Waals surface area contributed by atoms with Crippen molar-refractivity contribution in [2.24, 2.45) is 5.92 Å². The second-order valence-corrected chi connectivity index (χ2v) is 6.37. The molecule has 2 heterocycles. The van der Waals surface area contributed by atoms with E-state index >= 15 is 0 Å². The second kappa shape index (κ2) is 7.92. The van der Waals surface area contributed by atoms with Gasteiger partial charge in [-0.25, -0.2) is 0 Å². The molecule has 5 nitrogen and oxygen atoms in total. The van der Waals surface area contributed by atoms with E-state index in [9.17, 15) is 0 Å². The molecule has 1 aromatic rings. The van der Waals surface area contributed by atoms with Gasteiger partial charge in [0.15, 0.2) is 0 Å². The zero-order valence-corrected chi connectivity index (χ0v) is 13.8. The first-order valence-corrected chi connectivity index (χ1v) is 8.02. The van der Waals surface area contributed by atoms with Crippen LogP contribution in [0.1, 0.15) is 37.3 Å². The van der Waals surface area contributed by atoms with E-state index in [0.29, 0.717) is 12.0 Å². The van der Waals surface area contributed by atoms with Crippen LogP contribution in [0.2, 0.25) is 0 Å². The molecule has 1 saturated heterocycles. The number of hydrogen-bond acceptors (Lipinski definition) is 5. The van der Waals surface area contributed by atoms with Gasteiger partial charge in [0.05, 0.1) is 18.9 Å². The first kappa shape index (κ1) is 16.5. The summed E-state index contributed by atoms with van der Waals surface area (Å²) in [7, 11) is 0. The molecule has 1 aliphatic rings. The van der Waals surface area contributed by atoms with Crippen molar-refractivity contribution in [1.82, 2.24) is 15.4 Å². The fraction of sp³-hybridized carbons (Fsp3) is 0.812. The number of hydrogen-bond donors (Lipinski definition) is 1. The van der Waals surface area contributed by atoms with Crippen LogP contribution in [0.25, 0.3) is 0 Å². The van der Waals surface area contributed by atoms with E-state index in [1.54, 1.807) is 0 Å². The Labute approximate surface area is 128 Å². The maximum absolute atomic E-state index is 5.47. The van der Waals surface area contributed by atoms with E-state index in [1.165, 1.54) is 12.0 Å². The van der Waals surface area contributed by atoms with E-state index < -0.39 is 0 Å². The van der Waals surface area contributed by atoms with Gasteiger partial charge in [-0.3, -0.25) is 4.90 Å². The topological polar surface area (TPSA) is 50.5 Å². The summed E-state index contributed by atoms with van der Waals surface area (Å²) in [5.74, 6) is 1.63. The molecule has 1 fully saturated rings. The van der Waals surface area contributed by atoms with Gasteiger partial charge >= 0.3 is 0 Å². The summed E-state index contributed by atoms with van der Waals surface area (Å²) in [5, 5.41) is 7.60. The van der Waals surface area contributed by atoms with Crippen LogP contribution < -0.4 is 5.32 Å². The smallest absolute Gasteiger partial charge is 0.138 e. The maximum atomic E-state index is 5.47. The van der Waals surface area contributed by atoms with Crippen LogP contribution in [-0.2, 0) is 11.3 Å². The van der Waals surface area contributed by atoms with Crippen molar-refractivity contribution >= 4 is 0 Å². The molecule has 5 heteroatoms. The number of rotatable bonds is 7. The maximum Gasteiger partial charge on any atom is 0.138 e. The Kier molecular flexibility index (Phi) is 6.21. The van der Waals surface area contributed by atoms with Crippen LogP contribution >= 0.6 is 0 Å². The third-order valence-electron chi connectivity index (χ3n) is 4.17. The lowest BCUT2D eigenvalue weighted by Gasteiger charge is -2.35. The number of ether oxygens (including phenoxy) is 1. The lowest BCUT2D eigenvalue weighted by Crippen LogP contribution is -2.48. The summed E-state index contributed by atoms with van der Waals surface area (Å²) in [5.41, 5.74) is 2.19. The Morgan fingerprint density at radius 1 is 1.24 bits per heavy atom. The molecule has 1 aliphatic heterocycles. The van der Waals surface area contributed by atoms with Gasteiger partial charge in [-0.1, -0.05) is 19.0 Å². The lowest BCUT2D eigenvalue weighted by molar-refractivity contribution is 0.0123. The first-order chi connectivity index (χ1) is 10.1. The van der Waals surface area contributed by atoms with Gasteiger partial charge in [0.1, 0.15) is 5.76 Å². The molecule has 1 aromatic heterocycles. The highest BCUT2D eigenvalue weighted by atomic mass is 16.5. The summed E-state index contributed by atoms with van der Waals surface area (Å²) < 4.78 is 10.7. The average molecular weight is 295 g/mol. The van der Waals surface area contributed by atoms with E-state index in [4.69, 9.17) is 9.26 Å². The molecule has 1 atom stereocenters. The molecular formula is C16H29N3O2. The Morgan fingerprint density at radius 2 is 1.95 bits per heavy atom. The molecule has 1 unspecified atom stereocenters. The van der Waals surface area contributed by atoms with Crippen molar-refractivity contribution in [3.8, 4) is 0 Å².